The van der Waals surface area contributed by atoms with Gasteiger partial charge >= 0.3 is 0 Å². The fourth-order valence-electron chi connectivity index (χ4n) is 1.60. The number of para-hydroxylation sites is 1. The lowest BCUT2D eigenvalue weighted by Crippen LogP contribution is -2.34. The Bertz CT molecular complexity index is 344. The average Bonchev–Trinajstić information content (AvgIpc) is 2.40. The summed E-state index contributed by atoms with van der Waals surface area (Å²) in [6, 6.07) is 9.95. The maximum absolute atomic E-state index is 5.12. The molecule has 4 heteroatoms. The van der Waals surface area contributed by atoms with Gasteiger partial charge in [0.1, 0.15) is 5.84 Å². The van der Waals surface area contributed by atoms with E-state index in [-0.39, 0.29) is 0 Å². The number of ether oxygens (including phenoxy) is 2. The lowest BCUT2D eigenvalue weighted by Gasteiger charge is -2.23. The van der Waals surface area contributed by atoms with Crippen LogP contribution < -0.4 is 0 Å². The molecule has 0 aliphatic rings. The van der Waals surface area contributed by atoms with Crippen molar-refractivity contribution in [1.82, 2.24) is 4.90 Å². The smallest absolute Gasteiger partial charge is 0.102 e. The zero-order valence-corrected chi connectivity index (χ0v) is 11.4. The third-order valence-electron chi connectivity index (χ3n) is 2.64. The Morgan fingerprint density at radius 2 is 1.61 bits per heavy atom. The standard InChI is InChI=1S/C14H22N2O2/c1-13(15-14-7-5-4-6-8-14)16(9-11-17-2)10-12-18-3/h4-8H,9-12H2,1-3H3. The minimum atomic E-state index is 0.686. The Hall–Kier alpha value is -1.39. The van der Waals surface area contributed by atoms with E-state index in [2.05, 4.69) is 9.89 Å². The van der Waals surface area contributed by atoms with Crippen LogP contribution in [0.25, 0.3) is 0 Å². The summed E-state index contributed by atoms with van der Waals surface area (Å²) in [6.07, 6.45) is 0. The Kier molecular flexibility index (Phi) is 7.06. The summed E-state index contributed by atoms with van der Waals surface area (Å²) in [5.74, 6) is 0.982. The molecule has 1 aromatic rings. The monoisotopic (exact) mass is 250 g/mol. The second kappa shape index (κ2) is 8.66. The number of rotatable bonds is 7. The van der Waals surface area contributed by atoms with E-state index in [1.165, 1.54) is 0 Å². The molecule has 0 aliphatic carbocycles. The molecule has 1 aromatic carbocycles. The minimum Gasteiger partial charge on any atom is -0.383 e. The second-order valence-electron chi connectivity index (χ2n) is 3.97. The van der Waals surface area contributed by atoms with Crippen LogP contribution in [-0.4, -0.2) is 51.3 Å². The molecule has 18 heavy (non-hydrogen) atoms. The lowest BCUT2D eigenvalue weighted by atomic mass is 10.3. The molecule has 100 valence electrons. The highest BCUT2D eigenvalue weighted by molar-refractivity contribution is 5.82. The van der Waals surface area contributed by atoms with E-state index in [0.29, 0.717) is 13.2 Å². The van der Waals surface area contributed by atoms with Crippen LogP contribution in [-0.2, 0) is 9.47 Å². The van der Waals surface area contributed by atoms with Crippen LogP contribution in [0.15, 0.2) is 35.3 Å². The van der Waals surface area contributed by atoms with Crippen molar-refractivity contribution in [3.05, 3.63) is 30.3 Å². The Morgan fingerprint density at radius 3 is 2.11 bits per heavy atom. The molecule has 0 spiro atoms. The van der Waals surface area contributed by atoms with Crippen LogP contribution in [0.1, 0.15) is 6.92 Å². The zero-order chi connectivity index (χ0) is 13.2. The molecule has 0 radical (unpaired) electrons. The number of aliphatic imine (C=N–C) groups is 1. The molecule has 0 fully saturated rings. The van der Waals surface area contributed by atoms with Gasteiger partial charge in [-0.05, 0) is 19.1 Å². The van der Waals surface area contributed by atoms with Crippen molar-refractivity contribution in [2.75, 3.05) is 40.5 Å². The first-order valence-corrected chi connectivity index (χ1v) is 6.11. The van der Waals surface area contributed by atoms with E-state index < -0.39 is 0 Å². The Labute approximate surface area is 109 Å². The highest BCUT2D eigenvalue weighted by atomic mass is 16.5. The summed E-state index contributed by atoms with van der Waals surface area (Å²) >= 11 is 0. The molecule has 0 unspecified atom stereocenters. The topological polar surface area (TPSA) is 34.1 Å². The van der Waals surface area contributed by atoms with Gasteiger partial charge in [-0.1, -0.05) is 18.2 Å². The summed E-state index contributed by atoms with van der Waals surface area (Å²) in [6.45, 7) is 5.03. The average molecular weight is 250 g/mol. The first-order chi connectivity index (χ1) is 8.77. The van der Waals surface area contributed by atoms with Gasteiger partial charge in [0, 0.05) is 27.3 Å². The van der Waals surface area contributed by atoms with E-state index in [1.54, 1.807) is 14.2 Å². The van der Waals surface area contributed by atoms with Crippen LogP contribution in [0.4, 0.5) is 5.69 Å². The van der Waals surface area contributed by atoms with Crippen molar-refractivity contribution < 1.29 is 9.47 Å². The van der Waals surface area contributed by atoms with E-state index in [1.807, 2.05) is 37.3 Å². The van der Waals surface area contributed by atoms with E-state index >= 15 is 0 Å². The molecule has 0 saturated heterocycles. The highest BCUT2D eigenvalue weighted by Gasteiger charge is 2.06. The quantitative estimate of drug-likeness (QED) is 0.550. The van der Waals surface area contributed by atoms with Gasteiger partial charge < -0.3 is 14.4 Å². The highest BCUT2D eigenvalue weighted by Crippen LogP contribution is 2.11. The van der Waals surface area contributed by atoms with Crippen LogP contribution in [0.5, 0.6) is 0 Å². The fraction of sp³-hybridized carbons (Fsp3) is 0.500. The van der Waals surface area contributed by atoms with Gasteiger partial charge in [-0.3, -0.25) is 0 Å². The first-order valence-electron chi connectivity index (χ1n) is 6.11. The van der Waals surface area contributed by atoms with Crippen molar-refractivity contribution in [2.45, 2.75) is 6.92 Å². The summed E-state index contributed by atoms with van der Waals surface area (Å²) in [7, 11) is 3.41. The van der Waals surface area contributed by atoms with Gasteiger partial charge in [0.05, 0.1) is 18.9 Å². The van der Waals surface area contributed by atoms with Crippen LogP contribution in [0.3, 0.4) is 0 Å². The van der Waals surface area contributed by atoms with Crippen molar-refractivity contribution in [3.8, 4) is 0 Å². The molecule has 0 N–H and O–H groups in total. The van der Waals surface area contributed by atoms with Gasteiger partial charge in [-0.2, -0.15) is 0 Å². The minimum absolute atomic E-state index is 0.686. The molecule has 4 nitrogen and oxygen atoms in total. The summed E-state index contributed by atoms with van der Waals surface area (Å²) in [5.41, 5.74) is 0.967. The van der Waals surface area contributed by atoms with Gasteiger partial charge in [-0.25, -0.2) is 4.99 Å². The molecule has 0 amide bonds. The predicted molar refractivity (Wildman–Crippen MR) is 74.5 cm³/mol. The van der Waals surface area contributed by atoms with E-state index in [4.69, 9.17) is 9.47 Å². The molecule has 0 saturated carbocycles. The van der Waals surface area contributed by atoms with Crippen molar-refractivity contribution in [3.63, 3.8) is 0 Å². The second-order valence-corrected chi connectivity index (χ2v) is 3.97. The molecule has 0 bridgehead atoms. The Balaban J connectivity index is 2.67. The normalized spacial score (nSPS) is 11.6. The zero-order valence-electron chi connectivity index (χ0n) is 11.4. The molecular weight excluding hydrogens is 228 g/mol. The molecule has 0 aromatic heterocycles. The van der Waals surface area contributed by atoms with Gasteiger partial charge in [0.25, 0.3) is 0 Å². The summed E-state index contributed by atoms with van der Waals surface area (Å²) < 4.78 is 10.2. The predicted octanol–water partition coefficient (Wildman–Crippen LogP) is 2.33. The largest absolute Gasteiger partial charge is 0.383 e. The number of hydrogen-bond donors (Lipinski definition) is 0. The molecule has 1 rings (SSSR count). The maximum atomic E-state index is 5.12. The van der Waals surface area contributed by atoms with Gasteiger partial charge in [0.2, 0.25) is 0 Å². The van der Waals surface area contributed by atoms with Crippen LogP contribution in [0, 0.1) is 0 Å². The molecule has 0 aliphatic heterocycles. The van der Waals surface area contributed by atoms with Crippen LogP contribution >= 0.6 is 0 Å². The fourth-order valence-corrected chi connectivity index (χ4v) is 1.60. The maximum Gasteiger partial charge on any atom is 0.102 e. The van der Waals surface area contributed by atoms with Gasteiger partial charge in [0.15, 0.2) is 0 Å². The van der Waals surface area contributed by atoms with E-state index in [0.717, 1.165) is 24.6 Å². The van der Waals surface area contributed by atoms with Crippen molar-refractivity contribution >= 4 is 11.5 Å². The third kappa shape index (κ3) is 5.29. The van der Waals surface area contributed by atoms with Gasteiger partial charge in [-0.15, -0.1) is 0 Å². The molecule has 0 atom stereocenters. The number of hydrogen-bond acceptors (Lipinski definition) is 3. The number of amidine groups is 1. The first kappa shape index (κ1) is 14.7. The summed E-state index contributed by atoms with van der Waals surface area (Å²) in [4.78, 5) is 6.76. The van der Waals surface area contributed by atoms with Crippen molar-refractivity contribution in [2.24, 2.45) is 4.99 Å². The number of benzene rings is 1. The Morgan fingerprint density at radius 1 is 1.06 bits per heavy atom. The van der Waals surface area contributed by atoms with Crippen LogP contribution in [0.2, 0.25) is 0 Å². The third-order valence-corrected chi connectivity index (χ3v) is 2.64. The SMILES string of the molecule is COCCN(CCOC)C(C)=Nc1ccccc1. The van der Waals surface area contributed by atoms with Crippen molar-refractivity contribution in [1.29, 1.82) is 0 Å². The van der Waals surface area contributed by atoms with E-state index in [9.17, 15) is 0 Å². The lowest BCUT2D eigenvalue weighted by molar-refractivity contribution is 0.146. The summed E-state index contributed by atoms with van der Waals surface area (Å²) in [5, 5.41) is 0. The molecule has 0 heterocycles. The number of nitrogens with zero attached hydrogens (tertiary/aromatic N) is 2. The number of methoxy groups -OCH3 is 2. The molecular formula is C14H22N2O2.